The molecule has 4 nitrogen and oxygen atoms in total. The predicted molar refractivity (Wildman–Crippen MR) is 109 cm³/mol. The van der Waals surface area contributed by atoms with Crippen LogP contribution in [0, 0.1) is 11.8 Å². The second kappa shape index (κ2) is 6.95. The molecule has 5 rings (SSSR count). The van der Waals surface area contributed by atoms with Gasteiger partial charge in [-0.3, -0.25) is 4.90 Å². The van der Waals surface area contributed by atoms with E-state index in [9.17, 15) is 0 Å². The molecule has 1 aliphatic carbocycles. The normalized spacial score (nSPS) is 23.8. The van der Waals surface area contributed by atoms with Gasteiger partial charge in [0, 0.05) is 42.5 Å². The number of piperidine rings is 1. The third-order valence-corrected chi connectivity index (χ3v) is 5.81. The van der Waals surface area contributed by atoms with Gasteiger partial charge in [-0.2, -0.15) is 0 Å². The monoisotopic (exact) mass is 376 g/mol. The van der Waals surface area contributed by atoms with E-state index in [1.54, 1.807) is 0 Å². The second-order valence-electron chi connectivity index (χ2n) is 7.45. The molecule has 2 fully saturated rings. The fraction of sp³-hybridized carbons (Fsp3) is 0.273. The van der Waals surface area contributed by atoms with Gasteiger partial charge in [-0.1, -0.05) is 54.1 Å². The lowest BCUT2D eigenvalue weighted by atomic mass is 10.2. The number of hydrogen-bond donors (Lipinski definition) is 1. The highest BCUT2D eigenvalue weighted by molar-refractivity contribution is 6.30. The molecule has 2 aromatic carbocycles. The van der Waals surface area contributed by atoms with Crippen molar-refractivity contribution in [3.8, 4) is 11.4 Å². The summed E-state index contributed by atoms with van der Waals surface area (Å²) < 4.78 is 0. The first-order valence-electron chi connectivity index (χ1n) is 9.38. The van der Waals surface area contributed by atoms with E-state index in [4.69, 9.17) is 11.6 Å². The van der Waals surface area contributed by atoms with Gasteiger partial charge in [0.1, 0.15) is 5.82 Å². The van der Waals surface area contributed by atoms with Crippen molar-refractivity contribution in [3.05, 3.63) is 77.4 Å². The van der Waals surface area contributed by atoms with Crippen LogP contribution in [-0.4, -0.2) is 34.0 Å². The van der Waals surface area contributed by atoms with Crippen LogP contribution in [0.5, 0.6) is 0 Å². The van der Waals surface area contributed by atoms with Crippen LogP contribution in [0.4, 0.5) is 5.82 Å². The van der Waals surface area contributed by atoms with Crippen molar-refractivity contribution in [3.63, 3.8) is 0 Å². The van der Waals surface area contributed by atoms with Gasteiger partial charge in [0.05, 0.1) is 0 Å². The molecule has 136 valence electrons. The highest BCUT2D eigenvalue weighted by Crippen LogP contribution is 2.47. The Balaban J connectivity index is 1.21. The number of nitrogens with zero attached hydrogens (tertiary/aromatic N) is 3. The zero-order valence-corrected chi connectivity index (χ0v) is 15.7. The third kappa shape index (κ3) is 3.55. The summed E-state index contributed by atoms with van der Waals surface area (Å²) in [6.07, 6.45) is 1.81. The van der Waals surface area contributed by atoms with Crippen LogP contribution in [0.3, 0.4) is 0 Å². The van der Waals surface area contributed by atoms with Crippen molar-refractivity contribution >= 4 is 17.4 Å². The molecule has 0 bridgehead atoms. The number of benzene rings is 2. The second-order valence-corrected chi connectivity index (χ2v) is 7.89. The number of aromatic nitrogens is 2. The maximum Gasteiger partial charge on any atom is 0.161 e. The molecule has 0 radical (unpaired) electrons. The Morgan fingerprint density at radius 2 is 1.81 bits per heavy atom. The Bertz CT molecular complexity index is 934. The largest absolute Gasteiger partial charge is 0.367 e. The minimum atomic E-state index is 0.527. The zero-order chi connectivity index (χ0) is 18.2. The van der Waals surface area contributed by atoms with Crippen molar-refractivity contribution in [1.29, 1.82) is 0 Å². The standard InChI is InChI=1S/C22H21ClN4/c23-17-8-4-7-16(11-17)22-24-10-9-20(26-22)25-21-18-13-27(14-19(18)21)12-15-5-2-1-3-6-15/h1-11,18-19,21H,12-14H2,(H,24,25,26)/t18-,19+,21?. The maximum atomic E-state index is 6.09. The van der Waals surface area contributed by atoms with Crippen LogP contribution < -0.4 is 5.32 Å². The smallest absolute Gasteiger partial charge is 0.161 e. The molecule has 3 aromatic rings. The number of fused-ring (bicyclic) bond motifs is 1. The van der Waals surface area contributed by atoms with Crippen LogP contribution in [0.2, 0.25) is 5.02 Å². The van der Waals surface area contributed by atoms with Crippen molar-refractivity contribution < 1.29 is 0 Å². The van der Waals surface area contributed by atoms with Crippen LogP contribution >= 0.6 is 11.6 Å². The molecule has 2 aliphatic rings. The molecule has 0 spiro atoms. The topological polar surface area (TPSA) is 41.1 Å². The van der Waals surface area contributed by atoms with Crippen LogP contribution in [0.1, 0.15) is 5.56 Å². The van der Waals surface area contributed by atoms with E-state index in [-0.39, 0.29) is 0 Å². The summed E-state index contributed by atoms with van der Waals surface area (Å²) >= 11 is 6.09. The number of anilines is 1. The van der Waals surface area contributed by atoms with Gasteiger partial charge in [-0.05, 0) is 35.6 Å². The Kier molecular flexibility index (Phi) is 4.30. The van der Waals surface area contributed by atoms with Crippen LogP contribution in [0.25, 0.3) is 11.4 Å². The van der Waals surface area contributed by atoms with E-state index in [1.165, 1.54) is 5.56 Å². The van der Waals surface area contributed by atoms with Gasteiger partial charge >= 0.3 is 0 Å². The summed E-state index contributed by atoms with van der Waals surface area (Å²) in [6, 6.07) is 20.9. The van der Waals surface area contributed by atoms with E-state index in [1.807, 2.05) is 36.5 Å². The fourth-order valence-electron chi connectivity index (χ4n) is 4.18. The molecule has 2 heterocycles. The minimum Gasteiger partial charge on any atom is -0.367 e. The first kappa shape index (κ1) is 16.7. The van der Waals surface area contributed by atoms with Crippen molar-refractivity contribution in [1.82, 2.24) is 14.9 Å². The SMILES string of the molecule is Clc1cccc(-c2nccc(NC3[C@H]4CN(Cc5ccccc5)C[C@@H]34)n2)c1. The summed E-state index contributed by atoms with van der Waals surface area (Å²) in [7, 11) is 0. The van der Waals surface area contributed by atoms with Crippen molar-refractivity contribution in [2.45, 2.75) is 12.6 Å². The summed E-state index contributed by atoms with van der Waals surface area (Å²) in [6.45, 7) is 3.36. The van der Waals surface area contributed by atoms with Crippen LogP contribution in [0.15, 0.2) is 66.9 Å². The zero-order valence-electron chi connectivity index (χ0n) is 14.9. The molecule has 3 atom stereocenters. The number of nitrogens with one attached hydrogen (secondary N) is 1. The van der Waals surface area contributed by atoms with Gasteiger partial charge in [-0.25, -0.2) is 9.97 Å². The lowest BCUT2D eigenvalue weighted by Crippen LogP contribution is -2.27. The molecule has 1 saturated heterocycles. The first-order chi connectivity index (χ1) is 13.3. The molecule has 27 heavy (non-hydrogen) atoms. The summed E-state index contributed by atoms with van der Waals surface area (Å²) in [5.74, 6) is 3.05. The van der Waals surface area contributed by atoms with Gasteiger partial charge in [0.2, 0.25) is 0 Å². The number of halogens is 1. The van der Waals surface area contributed by atoms with Gasteiger partial charge in [0.25, 0.3) is 0 Å². The minimum absolute atomic E-state index is 0.527. The molecular formula is C22H21ClN4. The van der Waals surface area contributed by atoms with E-state index >= 15 is 0 Å². The van der Waals surface area contributed by atoms with E-state index in [2.05, 4.69) is 50.5 Å². The van der Waals surface area contributed by atoms with Gasteiger partial charge in [-0.15, -0.1) is 0 Å². The van der Waals surface area contributed by atoms with Crippen molar-refractivity contribution in [2.75, 3.05) is 18.4 Å². The quantitative estimate of drug-likeness (QED) is 0.719. The van der Waals surface area contributed by atoms with Crippen LogP contribution in [-0.2, 0) is 6.54 Å². The molecule has 0 amide bonds. The lowest BCUT2D eigenvalue weighted by Gasteiger charge is -2.20. The lowest BCUT2D eigenvalue weighted by molar-refractivity contribution is 0.292. The molecule has 1 saturated carbocycles. The summed E-state index contributed by atoms with van der Waals surface area (Å²) in [5, 5.41) is 4.32. The average Bonchev–Trinajstić information content (AvgIpc) is 3.12. The summed E-state index contributed by atoms with van der Waals surface area (Å²) in [5.41, 5.74) is 2.33. The third-order valence-electron chi connectivity index (χ3n) is 5.57. The van der Waals surface area contributed by atoms with Gasteiger partial charge in [0.15, 0.2) is 5.82 Å². The molecule has 1 N–H and O–H groups in total. The maximum absolute atomic E-state index is 6.09. The Morgan fingerprint density at radius 1 is 1.00 bits per heavy atom. The molecule has 5 heteroatoms. The molecule has 1 aliphatic heterocycles. The molecule has 1 unspecified atom stereocenters. The molecular weight excluding hydrogens is 356 g/mol. The van der Waals surface area contributed by atoms with E-state index < -0.39 is 0 Å². The first-order valence-corrected chi connectivity index (χ1v) is 9.76. The Morgan fingerprint density at radius 3 is 2.59 bits per heavy atom. The van der Waals surface area contributed by atoms with Crippen molar-refractivity contribution in [2.24, 2.45) is 11.8 Å². The van der Waals surface area contributed by atoms with Gasteiger partial charge < -0.3 is 5.32 Å². The fourth-order valence-corrected chi connectivity index (χ4v) is 4.37. The number of likely N-dealkylation sites (tertiary alicyclic amines) is 1. The molecule has 1 aromatic heterocycles. The highest BCUT2D eigenvalue weighted by Gasteiger charge is 2.55. The predicted octanol–water partition coefficient (Wildman–Crippen LogP) is 4.34. The average molecular weight is 377 g/mol. The Labute approximate surface area is 164 Å². The highest BCUT2D eigenvalue weighted by atomic mass is 35.5. The van der Waals surface area contributed by atoms with E-state index in [0.717, 1.165) is 42.9 Å². The number of rotatable bonds is 5. The Hall–Kier alpha value is -2.43. The van der Waals surface area contributed by atoms with E-state index in [0.29, 0.717) is 16.9 Å². The summed E-state index contributed by atoms with van der Waals surface area (Å²) in [4.78, 5) is 11.6. The number of hydrogen-bond acceptors (Lipinski definition) is 4.